The molecule has 0 saturated carbocycles. The quantitative estimate of drug-likeness (QED) is 0.360. The van der Waals surface area contributed by atoms with Gasteiger partial charge in [0, 0.05) is 12.7 Å². The maximum absolute atomic E-state index is 11.8. The van der Waals surface area contributed by atoms with E-state index in [-0.39, 0.29) is 18.2 Å². The minimum Gasteiger partial charge on any atom is -0.409 e. The lowest BCUT2D eigenvalue weighted by Gasteiger charge is -2.19. The van der Waals surface area contributed by atoms with Crippen molar-refractivity contribution >= 4 is 17.4 Å². The zero-order valence-corrected chi connectivity index (χ0v) is 10.3. The van der Waals surface area contributed by atoms with Crippen LogP contribution in [0.25, 0.3) is 0 Å². The molecule has 0 aliphatic carbocycles. The third kappa shape index (κ3) is 3.21. The first-order chi connectivity index (χ1) is 7.95. The van der Waals surface area contributed by atoms with Crippen molar-refractivity contribution in [1.29, 1.82) is 0 Å². The minimum absolute atomic E-state index is 0.0911. The van der Waals surface area contributed by atoms with E-state index in [1.54, 1.807) is 7.05 Å². The van der Waals surface area contributed by atoms with E-state index in [1.165, 1.54) is 4.90 Å². The Hall–Kier alpha value is -2.04. The second kappa shape index (κ2) is 5.34. The zero-order valence-electron chi connectivity index (χ0n) is 10.3. The van der Waals surface area contributed by atoms with Crippen LogP contribution in [0.5, 0.6) is 0 Å². The van der Waals surface area contributed by atoms with Gasteiger partial charge >= 0.3 is 0 Å². The van der Waals surface area contributed by atoms with Crippen molar-refractivity contribution in [2.45, 2.75) is 20.3 Å². The Bertz CT molecular complexity index is 455. The van der Waals surface area contributed by atoms with E-state index in [2.05, 4.69) is 5.16 Å². The van der Waals surface area contributed by atoms with Gasteiger partial charge in [0.25, 0.3) is 0 Å². The van der Waals surface area contributed by atoms with Crippen LogP contribution in [0, 0.1) is 13.8 Å². The van der Waals surface area contributed by atoms with Crippen molar-refractivity contribution in [3.8, 4) is 0 Å². The highest BCUT2D eigenvalue weighted by atomic mass is 16.4. The van der Waals surface area contributed by atoms with Gasteiger partial charge in [0.2, 0.25) is 5.91 Å². The molecular weight excluding hydrogens is 218 g/mol. The topological polar surface area (TPSA) is 78.9 Å². The van der Waals surface area contributed by atoms with Crippen LogP contribution in [0.2, 0.25) is 0 Å². The van der Waals surface area contributed by atoms with Crippen LogP contribution in [-0.4, -0.2) is 24.0 Å². The van der Waals surface area contributed by atoms with E-state index in [4.69, 9.17) is 10.9 Å². The summed E-state index contributed by atoms with van der Waals surface area (Å²) in [6.45, 7) is 3.94. The third-order valence-electron chi connectivity index (χ3n) is 2.55. The maximum Gasteiger partial charge on any atom is 0.234 e. The number of anilines is 1. The number of hydrogen-bond donors (Lipinski definition) is 2. The smallest absolute Gasteiger partial charge is 0.234 e. The summed E-state index contributed by atoms with van der Waals surface area (Å²) in [6, 6.07) is 5.83. The molecule has 0 aliphatic rings. The van der Waals surface area contributed by atoms with Crippen molar-refractivity contribution < 1.29 is 10.0 Å². The Morgan fingerprint density at radius 1 is 1.47 bits per heavy atom. The fourth-order valence-electron chi connectivity index (χ4n) is 1.62. The molecule has 0 unspecified atom stereocenters. The summed E-state index contributed by atoms with van der Waals surface area (Å²) in [4.78, 5) is 13.3. The number of oxime groups is 1. The van der Waals surface area contributed by atoms with Crippen molar-refractivity contribution in [3.63, 3.8) is 0 Å². The van der Waals surface area contributed by atoms with Gasteiger partial charge in [0.05, 0.1) is 6.42 Å². The van der Waals surface area contributed by atoms with Crippen LogP contribution in [0.3, 0.4) is 0 Å². The van der Waals surface area contributed by atoms with Gasteiger partial charge in [0.15, 0.2) is 0 Å². The third-order valence-corrected chi connectivity index (χ3v) is 2.55. The Kier molecular flexibility index (Phi) is 4.09. The normalized spacial score (nSPS) is 11.4. The van der Waals surface area contributed by atoms with Gasteiger partial charge in [-0.3, -0.25) is 4.79 Å². The standard InChI is InChI=1S/C12H17N3O2/c1-8-4-5-10(9(2)6-8)15(3)12(16)7-11(13)14-17/h4-6,17H,7H2,1-3H3,(H2,13,14). The second-order valence-corrected chi connectivity index (χ2v) is 4.01. The zero-order chi connectivity index (χ0) is 13.0. The monoisotopic (exact) mass is 235 g/mol. The Morgan fingerprint density at radius 3 is 2.65 bits per heavy atom. The Balaban J connectivity index is 2.89. The number of nitrogens with two attached hydrogens (primary N) is 1. The number of benzene rings is 1. The fraction of sp³-hybridized carbons (Fsp3) is 0.333. The average Bonchev–Trinajstić information content (AvgIpc) is 2.28. The van der Waals surface area contributed by atoms with Gasteiger partial charge in [-0.05, 0) is 25.5 Å². The molecule has 5 nitrogen and oxygen atoms in total. The molecule has 0 fully saturated rings. The van der Waals surface area contributed by atoms with Gasteiger partial charge in [-0.2, -0.15) is 0 Å². The van der Waals surface area contributed by atoms with Crippen LogP contribution < -0.4 is 10.6 Å². The van der Waals surface area contributed by atoms with Crippen LogP contribution in [0.1, 0.15) is 17.5 Å². The largest absolute Gasteiger partial charge is 0.409 e. The summed E-state index contributed by atoms with van der Waals surface area (Å²) in [7, 11) is 1.67. The van der Waals surface area contributed by atoms with Crippen LogP contribution >= 0.6 is 0 Å². The highest BCUT2D eigenvalue weighted by molar-refractivity contribution is 6.06. The van der Waals surface area contributed by atoms with Crippen molar-refractivity contribution in [2.24, 2.45) is 10.9 Å². The molecule has 0 aromatic heterocycles. The Morgan fingerprint density at radius 2 is 2.12 bits per heavy atom. The molecule has 0 bridgehead atoms. The number of amides is 1. The molecule has 92 valence electrons. The Labute approximate surface area is 101 Å². The molecule has 1 rings (SSSR count). The molecular formula is C12H17N3O2. The molecule has 1 aromatic carbocycles. The van der Waals surface area contributed by atoms with E-state index >= 15 is 0 Å². The van der Waals surface area contributed by atoms with E-state index in [9.17, 15) is 4.79 Å². The van der Waals surface area contributed by atoms with Crippen LogP contribution in [-0.2, 0) is 4.79 Å². The lowest BCUT2D eigenvalue weighted by molar-refractivity contribution is -0.117. The second-order valence-electron chi connectivity index (χ2n) is 4.01. The lowest BCUT2D eigenvalue weighted by Crippen LogP contribution is -2.31. The lowest BCUT2D eigenvalue weighted by atomic mass is 10.1. The first kappa shape index (κ1) is 13.0. The van der Waals surface area contributed by atoms with Crippen LogP contribution in [0.4, 0.5) is 5.69 Å². The van der Waals surface area contributed by atoms with E-state index in [1.807, 2.05) is 32.0 Å². The first-order valence-electron chi connectivity index (χ1n) is 5.26. The summed E-state index contributed by atoms with van der Waals surface area (Å²) in [5.41, 5.74) is 8.29. The number of hydrogen-bond acceptors (Lipinski definition) is 3. The molecule has 1 aromatic rings. The van der Waals surface area contributed by atoms with Crippen molar-refractivity contribution in [1.82, 2.24) is 0 Å². The van der Waals surface area contributed by atoms with Crippen molar-refractivity contribution in [2.75, 3.05) is 11.9 Å². The molecule has 0 atom stereocenters. The number of carbonyl (C=O) groups excluding carboxylic acids is 1. The predicted molar refractivity (Wildman–Crippen MR) is 67.4 cm³/mol. The predicted octanol–water partition coefficient (Wildman–Crippen LogP) is 1.40. The fourth-order valence-corrected chi connectivity index (χ4v) is 1.62. The average molecular weight is 235 g/mol. The highest BCUT2D eigenvalue weighted by Gasteiger charge is 2.14. The number of carbonyl (C=O) groups is 1. The molecule has 0 saturated heterocycles. The first-order valence-corrected chi connectivity index (χ1v) is 5.26. The van der Waals surface area contributed by atoms with Gasteiger partial charge in [0.1, 0.15) is 5.84 Å². The van der Waals surface area contributed by atoms with Crippen molar-refractivity contribution in [3.05, 3.63) is 29.3 Å². The summed E-state index contributed by atoms with van der Waals surface area (Å²) in [5, 5.41) is 11.2. The highest BCUT2D eigenvalue weighted by Crippen LogP contribution is 2.20. The molecule has 3 N–H and O–H groups in total. The molecule has 0 spiro atoms. The summed E-state index contributed by atoms with van der Waals surface area (Å²) >= 11 is 0. The number of rotatable bonds is 3. The van der Waals surface area contributed by atoms with Gasteiger partial charge < -0.3 is 15.8 Å². The van der Waals surface area contributed by atoms with E-state index in [0.29, 0.717) is 0 Å². The van der Waals surface area contributed by atoms with Gasteiger partial charge in [-0.1, -0.05) is 22.9 Å². The molecule has 1 amide bonds. The maximum atomic E-state index is 11.8. The summed E-state index contributed by atoms with van der Waals surface area (Å²) in [6.07, 6.45) is -0.0969. The van der Waals surface area contributed by atoms with E-state index in [0.717, 1.165) is 16.8 Å². The molecule has 0 heterocycles. The number of aryl methyl sites for hydroxylation is 2. The van der Waals surface area contributed by atoms with Crippen LogP contribution in [0.15, 0.2) is 23.4 Å². The SMILES string of the molecule is Cc1ccc(N(C)C(=O)CC(N)=NO)c(C)c1. The van der Waals surface area contributed by atoms with E-state index < -0.39 is 0 Å². The summed E-state index contributed by atoms with van der Waals surface area (Å²) in [5.74, 6) is -0.307. The molecule has 5 heteroatoms. The van der Waals surface area contributed by atoms with Gasteiger partial charge in [-0.25, -0.2) is 0 Å². The summed E-state index contributed by atoms with van der Waals surface area (Å²) < 4.78 is 0. The molecule has 17 heavy (non-hydrogen) atoms. The minimum atomic E-state index is -0.216. The van der Waals surface area contributed by atoms with Gasteiger partial charge in [-0.15, -0.1) is 0 Å². The number of amidine groups is 1. The number of nitrogens with zero attached hydrogens (tertiary/aromatic N) is 2. The molecule has 0 radical (unpaired) electrons. The molecule has 0 aliphatic heterocycles.